The third-order valence-corrected chi connectivity index (χ3v) is 1.60. The first-order valence-electron chi connectivity index (χ1n) is 3.53. The van der Waals surface area contributed by atoms with E-state index in [1.54, 1.807) is 0 Å². The largest absolute Gasteiger partial charge is 0.324 e. The Labute approximate surface area is 72.2 Å². The van der Waals surface area contributed by atoms with Gasteiger partial charge in [-0.3, -0.25) is 0 Å². The fraction of sp³-hybridized carbons (Fsp3) is 0.250. The Morgan fingerprint density at radius 1 is 1.08 bits per heavy atom. The van der Waals surface area contributed by atoms with E-state index < -0.39 is 34.9 Å². The Morgan fingerprint density at radius 3 is 1.77 bits per heavy atom. The summed E-state index contributed by atoms with van der Waals surface area (Å²) in [7, 11) is 0. The van der Waals surface area contributed by atoms with Crippen LogP contribution >= 0.6 is 0 Å². The Kier molecular flexibility index (Phi) is 2.56. The molecule has 0 fully saturated rings. The highest BCUT2D eigenvalue weighted by molar-refractivity contribution is 5.24. The lowest BCUT2D eigenvalue weighted by Crippen LogP contribution is -2.13. The van der Waals surface area contributed by atoms with E-state index in [-0.39, 0.29) is 6.07 Å². The van der Waals surface area contributed by atoms with Crippen LogP contribution in [0.4, 0.5) is 17.6 Å². The summed E-state index contributed by atoms with van der Waals surface area (Å²) in [5, 5.41) is 0. The van der Waals surface area contributed by atoms with Crippen molar-refractivity contribution in [3.63, 3.8) is 0 Å². The van der Waals surface area contributed by atoms with Crippen molar-refractivity contribution >= 4 is 0 Å². The van der Waals surface area contributed by atoms with Gasteiger partial charge in [0.2, 0.25) is 0 Å². The van der Waals surface area contributed by atoms with Crippen molar-refractivity contribution in [1.82, 2.24) is 0 Å². The molecular formula is C8H7F4N. The second-order valence-electron chi connectivity index (χ2n) is 2.67. The average molecular weight is 193 g/mol. The van der Waals surface area contributed by atoms with Crippen molar-refractivity contribution in [2.24, 2.45) is 5.73 Å². The second-order valence-corrected chi connectivity index (χ2v) is 2.67. The molecule has 1 aromatic carbocycles. The molecule has 72 valence electrons. The predicted octanol–water partition coefficient (Wildman–Crippen LogP) is 2.26. The quantitative estimate of drug-likeness (QED) is 0.537. The molecule has 0 radical (unpaired) electrons. The number of rotatable bonds is 1. The number of hydrogen-bond acceptors (Lipinski definition) is 1. The molecule has 1 nitrogen and oxygen atoms in total. The number of nitrogens with two attached hydrogens (primary N) is 1. The van der Waals surface area contributed by atoms with Crippen LogP contribution in [0.1, 0.15) is 18.5 Å². The van der Waals surface area contributed by atoms with E-state index in [2.05, 4.69) is 0 Å². The van der Waals surface area contributed by atoms with Crippen molar-refractivity contribution in [2.75, 3.05) is 0 Å². The molecule has 0 amide bonds. The maximum atomic E-state index is 12.8. The van der Waals surface area contributed by atoms with Crippen molar-refractivity contribution < 1.29 is 17.6 Å². The van der Waals surface area contributed by atoms with Crippen molar-refractivity contribution in [2.45, 2.75) is 13.0 Å². The predicted molar refractivity (Wildman–Crippen MR) is 38.9 cm³/mol. The zero-order chi connectivity index (χ0) is 10.2. The van der Waals surface area contributed by atoms with Crippen molar-refractivity contribution in [1.29, 1.82) is 0 Å². The molecule has 1 rings (SSSR count). The van der Waals surface area contributed by atoms with Crippen LogP contribution in [0.2, 0.25) is 0 Å². The molecule has 0 saturated carbocycles. The summed E-state index contributed by atoms with van der Waals surface area (Å²) in [4.78, 5) is 0. The van der Waals surface area contributed by atoms with Crippen LogP contribution in [0.5, 0.6) is 0 Å². The van der Waals surface area contributed by atoms with Crippen LogP contribution in [-0.4, -0.2) is 0 Å². The van der Waals surface area contributed by atoms with E-state index in [1.165, 1.54) is 6.92 Å². The first kappa shape index (κ1) is 9.98. The fourth-order valence-corrected chi connectivity index (χ4v) is 0.991. The normalized spacial score (nSPS) is 13.1. The third kappa shape index (κ3) is 1.65. The third-order valence-electron chi connectivity index (χ3n) is 1.60. The van der Waals surface area contributed by atoms with Gasteiger partial charge in [0.15, 0.2) is 23.3 Å². The molecule has 0 aliphatic rings. The molecule has 0 spiro atoms. The van der Waals surface area contributed by atoms with Gasteiger partial charge < -0.3 is 5.73 Å². The van der Waals surface area contributed by atoms with Gasteiger partial charge in [0.1, 0.15) is 0 Å². The van der Waals surface area contributed by atoms with Gasteiger partial charge in [0, 0.05) is 17.7 Å². The lowest BCUT2D eigenvalue weighted by atomic mass is 10.1. The highest BCUT2D eigenvalue weighted by Gasteiger charge is 2.21. The minimum Gasteiger partial charge on any atom is -0.324 e. The molecule has 0 aliphatic carbocycles. The highest BCUT2D eigenvalue weighted by Crippen LogP contribution is 2.23. The fourth-order valence-electron chi connectivity index (χ4n) is 0.991. The molecule has 5 heteroatoms. The Balaban J connectivity index is 3.46. The molecule has 0 aliphatic heterocycles. The van der Waals surface area contributed by atoms with Crippen LogP contribution in [0.15, 0.2) is 6.07 Å². The van der Waals surface area contributed by atoms with Crippen molar-refractivity contribution in [3.8, 4) is 0 Å². The summed E-state index contributed by atoms with van der Waals surface area (Å²) in [6.07, 6.45) is 0. The standard InChI is InChI=1S/C8H7F4N/c1-3(13)6-7(11)4(9)2-5(10)8(6)12/h2-3H,13H2,1H3/t3-/m0/s1. The highest BCUT2D eigenvalue weighted by atomic mass is 19.2. The monoisotopic (exact) mass is 193 g/mol. The zero-order valence-electron chi connectivity index (χ0n) is 6.74. The van der Waals surface area contributed by atoms with Crippen LogP contribution in [0, 0.1) is 23.3 Å². The van der Waals surface area contributed by atoms with E-state index >= 15 is 0 Å². The van der Waals surface area contributed by atoms with E-state index in [0.717, 1.165) is 0 Å². The molecule has 0 bridgehead atoms. The SMILES string of the molecule is C[C@H](N)c1c(F)c(F)cc(F)c1F. The van der Waals surface area contributed by atoms with Crippen LogP contribution in [0.25, 0.3) is 0 Å². The average Bonchev–Trinajstić information content (AvgIpc) is 2.01. The van der Waals surface area contributed by atoms with Gasteiger partial charge in [-0.15, -0.1) is 0 Å². The molecule has 2 N–H and O–H groups in total. The van der Waals surface area contributed by atoms with Crippen LogP contribution in [-0.2, 0) is 0 Å². The van der Waals surface area contributed by atoms with Gasteiger partial charge in [-0.25, -0.2) is 17.6 Å². The van der Waals surface area contributed by atoms with Gasteiger partial charge in [0.05, 0.1) is 0 Å². The van der Waals surface area contributed by atoms with Gasteiger partial charge in [-0.1, -0.05) is 0 Å². The smallest absolute Gasteiger partial charge is 0.166 e. The number of halogens is 4. The summed E-state index contributed by atoms with van der Waals surface area (Å²) in [6, 6.07) is -0.943. The summed E-state index contributed by atoms with van der Waals surface area (Å²) >= 11 is 0. The maximum absolute atomic E-state index is 12.8. The molecule has 1 aromatic rings. The lowest BCUT2D eigenvalue weighted by Gasteiger charge is -2.09. The minimum absolute atomic E-state index is 0.149. The topological polar surface area (TPSA) is 26.0 Å². The summed E-state index contributed by atoms with van der Waals surface area (Å²) in [5.41, 5.74) is 4.37. The van der Waals surface area contributed by atoms with Crippen LogP contribution in [0.3, 0.4) is 0 Å². The molecule has 0 heterocycles. The Morgan fingerprint density at radius 2 is 1.46 bits per heavy atom. The molecule has 0 saturated heterocycles. The molecular weight excluding hydrogens is 186 g/mol. The molecule has 1 atom stereocenters. The number of benzene rings is 1. The zero-order valence-corrected chi connectivity index (χ0v) is 6.74. The molecule has 13 heavy (non-hydrogen) atoms. The second kappa shape index (κ2) is 3.33. The first-order chi connectivity index (χ1) is 5.95. The molecule has 0 aromatic heterocycles. The van der Waals surface area contributed by atoms with E-state index in [0.29, 0.717) is 0 Å². The van der Waals surface area contributed by atoms with Gasteiger partial charge in [-0.05, 0) is 6.92 Å². The summed E-state index contributed by atoms with van der Waals surface area (Å²) in [6.45, 7) is 1.24. The van der Waals surface area contributed by atoms with E-state index in [1.807, 2.05) is 0 Å². The van der Waals surface area contributed by atoms with E-state index in [9.17, 15) is 17.6 Å². The van der Waals surface area contributed by atoms with Gasteiger partial charge in [-0.2, -0.15) is 0 Å². The first-order valence-corrected chi connectivity index (χ1v) is 3.53. The molecule has 0 unspecified atom stereocenters. The van der Waals surface area contributed by atoms with Crippen molar-refractivity contribution in [3.05, 3.63) is 34.9 Å². The van der Waals surface area contributed by atoms with Gasteiger partial charge in [0.25, 0.3) is 0 Å². The summed E-state index contributed by atoms with van der Waals surface area (Å²) < 4.78 is 50.7. The lowest BCUT2D eigenvalue weighted by molar-refractivity contribution is 0.430. The number of hydrogen-bond donors (Lipinski definition) is 1. The van der Waals surface area contributed by atoms with Crippen LogP contribution < -0.4 is 5.73 Å². The Hall–Kier alpha value is -1.10. The minimum atomic E-state index is -1.44. The van der Waals surface area contributed by atoms with E-state index in [4.69, 9.17) is 5.73 Å². The summed E-state index contributed by atoms with van der Waals surface area (Å²) in [5.74, 6) is -5.75. The van der Waals surface area contributed by atoms with Gasteiger partial charge >= 0.3 is 0 Å². The maximum Gasteiger partial charge on any atom is 0.166 e. The Bertz CT molecular complexity index is 309.